The van der Waals surface area contributed by atoms with Gasteiger partial charge in [0.2, 0.25) is 0 Å². The van der Waals surface area contributed by atoms with Gasteiger partial charge in [-0.25, -0.2) is 0 Å². The molecule has 0 spiro atoms. The number of hydrogen-bond donors (Lipinski definition) is 0. The molecule has 1 saturated carbocycles. The first-order valence-corrected chi connectivity index (χ1v) is 5.59. The first-order valence-electron chi connectivity index (χ1n) is 5.59. The molecule has 0 amide bonds. The molecule has 0 radical (unpaired) electrons. The standard InChI is InChI=1S/C12H11N5/c13-3-6-17-12(9-1-2-9)7-10(16-17)11-8-14-4-5-15-11/h4-5,7-9H,1-2,6H2. The second kappa shape index (κ2) is 3.98. The van der Waals surface area contributed by atoms with Crippen molar-refractivity contribution in [2.24, 2.45) is 0 Å². The third-order valence-electron chi connectivity index (χ3n) is 2.85. The number of nitriles is 1. The second-order valence-electron chi connectivity index (χ2n) is 4.14. The molecule has 17 heavy (non-hydrogen) atoms. The van der Waals surface area contributed by atoms with Gasteiger partial charge in [0.15, 0.2) is 0 Å². The Bertz CT molecular complexity index is 562. The molecule has 2 aromatic rings. The van der Waals surface area contributed by atoms with E-state index < -0.39 is 0 Å². The van der Waals surface area contributed by atoms with Crippen LogP contribution in [0.2, 0.25) is 0 Å². The van der Waals surface area contributed by atoms with Gasteiger partial charge in [-0.05, 0) is 18.9 Å². The molecule has 0 aliphatic heterocycles. The van der Waals surface area contributed by atoms with Gasteiger partial charge in [-0.3, -0.25) is 14.6 Å². The summed E-state index contributed by atoms with van der Waals surface area (Å²) in [6, 6.07) is 4.16. The van der Waals surface area contributed by atoms with E-state index >= 15 is 0 Å². The molecule has 2 heterocycles. The molecule has 0 bridgehead atoms. The van der Waals surface area contributed by atoms with Crippen LogP contribution in [-0.4, -0.2) is 19.7 Å². The zero-order valence-electron chi connectivity index (χ0n) is 9.24. The average molecular weight is 225 g/mol. The third kappa shape index (κ3) is 1.89. The Morgan fingerprint density at radius 1 is 1.35 bits per heavy atom. The van der Waals surface area contributed by atoms with Gasteiger partial charge >= 0.3 is 0 Å². The highest BCUT2D eigenvalue weighted by Crippen LogP contribution is 2.41. The quantitative estimate of drug-likeness (QED) is 0.797. The van der Waals surface area contributed by atoms with E-state index in [0.717, 1.165) is 17.1 Å². The van der Waals surface area contributed by atoms with E-state index in [2.05, 4.69) is 21.1 Å². The molecule has 84 valence electrons. The van der Waals surface area contributed by atoms with Crippen LogP contribution in [0.5, 0.6) is 0 Å². The van der Waals surface area contributed by atoms with Gasteiger partial charge in [-0.1, -0.05) is 0 Å². The van der Waals surface area contributed by atoms with Crippen molar-refractivity contribution in [3.05, 3.63) is 30.4 Å². The summed E-state index contributed by atoms with van der Waals surface area (Å²) >= 11 is 0. The maximum Gasteiger partial charge on any atom is 0.128 e. The summed E-state index contributed by atoms with van der Waals surface area (Å²) in [5.74, 6) is 0.571. The molecule has 1 fully saturated rings. The van der Waals surface area contributed by atoms with E-state index in [9.17, 15) is 0 Å². The van der Waals surface area contributed by atoms with Crippen LogP contribution in [0, 0.1) is 11.3 Å². The summed E-state index contributed by atoms with van der Waals surface area (Å²) in [7, 11) is 0. The summed E-state index contributed by atoms with van der Waals surface area (Å²) < 4.78 is 1.78. The van der Waals surface area contributed by atoms with Gasteiger partial charge in [0.25, 0.3) is 0 Å². The lowest BCUT2D eigenvalue weighted by molar-refractivity contribution is 0.667. The fourth-order valence-electron chi connectivity index (χ4n) is 1.89. The Kier molecular flexibility index (Phi) is 2.33. The van der Waals surface area contributed by atoms with Crippen LogP contribution >= 0.6 is 0 Å². The fourth-order valence-corrected chi connectivity index (χ4v) is 1.89. The second-order valence-corrected chi connectivity index (χ2v) is 4.14. The van der Waals surface area contributed by atoms with Crippen LogP contribution in [0.1, 0.15) is 24.5 Å². The summed E-state index contributed by atoms with van der Waals surface area (Å²) in [5.41, 5.74) is 2.70. The van der Waals surface area contributed by atoms with E-state index in [1.54, 1.807) is 23.3 Å². The van der Waals surface area contributed by atoms with Crippen molar-refractivity contribution in [2.45, 2.75) is 25.3 Å². The van der Waals surface area contributed by atoms with Gasteiger partial charge in [0.1, 0.15) is 17.9 Å². The number of hydrogen-bond acceptors (Lipinski definition) is 4. The maximum atomic E-state index is 8.79. The van der Waals surface area contributed by atoms with Crippen LogP contribution in [-0.2, 0) is 6.54 Å². The van der Waals surface area contributed by atoms with Crippen molar-refractivity contribution in [2.75, 3.05) is 0 Å². The molecule has 1 aliphatic rings. The van der Waals surface area contributed by atoms with E-state index in [0.29, 0.717) is 12.5 Å². The zero-order valence-corrected chi connectivity index (χ0v) is 9.24. The van der Waals surface area contributed by atoms with Crippen LogP contribution in [0.4, 0.5) is 0 Å². The Balaban J connectivity index is 2.01. The predicted molar refractivity (Wildman–Crippen MR) is 60.8 cm³/mol. The van der Waals surface area contributed by atoms with E-state index in [-0.39, 0.29) is 0 Å². The molecule has 3 rings (SSSR count). The van der Waals surface area contributed by atoms with E-state index in [1.165, 1.54) is 12.8 Å². The molecular formula is C12H11N5. The largest absolute Gasteiger partial charge is 0.261 e. The Morgan fingerprint density at radius 2 is 2.24 bits per heavy atom. The monoisotopic (exact) mass is 225 g/mol. The average Bonchev–Trinajstić information content (AvgIpc) is 3.13. The van der Waals surface area contributed by atoms with Crippen molar-refractivity contribution in [1.82, 2.24) is 19.7 Å². The van der Waals surface area contributed by atoms with Crippen molar-refractivity contribution in [3.63, 3.8) is 0 Å². The molecule has 0 saturated heterocycles. The lowest BCUT2D eigenvalue weighted by atomic mass is 10.2. The van der Waals surface area contributed by atoms with Gasteiger partial charge in [0, 0.05) is 24.0 Å². The van der Waals surface area contributed by atoms with Crippen LogP contribution < -0.4 is 0 Å². The number of aromatic nitrogens is 4. The van der Waals surface area contributed by atoms with E-state index in [1.807, 2.05) is 6.07 Å². The summed E-state index contributed by atoms with van der Waals surface area (Å²) in [4.78, 5) is 8.25. The van der Waals surface area contributed by atoms with E-state index in [4.69, 9.17) is 5.26 Å². The Labute approximate surface area is 98.7 Å². The van der Waals surface area contributed by atoms with Crippen LogP contribution in [0.3, 0.4) is 0 Å². The maximum absolute atomic E-state index is 8.79. The molecule has 5 heteroatoms. The molecule has 0 N–H and O–H groups in total. The first kappa shape index (κ1) is 9.97. The highest BCUT2D eigenvalue weighted by molar-refractivity contribution is 5.53. The van der Waals surface area contributed by atoms with Crippen molar-refractivity contribution < 1.29 is 0 Å². The lowest BCUT2D eigenvalue weighted by Gasteiger charge is -1.98. The SMILES string of the molecule is N#CCn1nc(-c2cnccn2)cc1C1CC1. The highest BCUT2D eigenvalue weighted by atomic mass is 15.3. The van der Waals surface area contributed by atoms with Gasteiger partial charge in [0.05, 0.1) is 12.3 Å². The van der Waals surface area contributed by atoms with Crippen LogP contribution in [0.15, 0.2) is 24.7 Å². The van der Waals surface area contributed by atoms with Crippen molar-refractivity contribution >= 4 is 0 Å². The normalized spacial score (nSPS) is 14.5. The van der Waals surface area contributed by atoms with Gasteiger partial charge < -0.3 is 0 Å². The minimum Gasteiger partial charge on any atom is -0.261 e. The zero-order chi connectivity index (χ0) is 11.7. The Morgan fingerprint density at radius 3 is 2.88 bits per heavy atom. The molecular weight excluding hydrogens is 214 g/mol. The molecule has 1 aliphatic carbocycles. The van der Waals surface area contributed by atoms with Crippen molar-refractivity contribution in [3.8, 4) is 17.5 Å². The topological polar surface area (TPSA) is 67.4 Å². The summed E-state index contributed by atoms with van der Waals surface area (Å²) in [5, 5.41) is 13.2. The fraction of sp³-hybridized carbons (Fsp3) is 0.333. The summed E-state index contributed by atoms with van der Waals surface area (Å²) in [6.07, 6.45) is 7.36. The van der Waals surface area contributed by atoms with Crippen molar-refractivity contribution in [1.29, 1.82) is 5.26 Å². The molecule has 0 unspecified atom stereocenters. The smallest absolute Gasteiger partial charge is 0.128 e. The van der Waals surface area contributed by atoms with Crippen LogP contribution in [0.25, 0.3) is 11.4 Å². The molecule has 2 aromatic heterocycles. The minimum absolute atomic E-state index is 0.298. The predicted octanol–water partition coefficient (Wildman–Crippen LogP) is 1.74. The summed E-state index contributed by atoms with van der Waals surface area (Å²) in [6.45, 7) is 0.298. The lowest BCUT2D eigenvalue weighted by Crippen LogP contribution is -2.02. The van der Waals surface area contributed by atoms with Gasteiger partial charge in [-0.2, -0.15) is 10.4 Å². The first-order chi connectivity index (χ1) is 8.38. The molecule has 0 aromatic carbocycles. The Hall–Kier alpha value is -2.22. The highest BCUT2D eigenvalue weighted by Gasteiger charge is 2.28. The van der Waals surface area contributed by atoms with Gasteiger partial charge in [-0.15, -0.1) is 0 Å². The number of nitrogens with zero attached hydrogens (tertiary/aromatic N) is 5. The third-order valence-corrected chi connectivity index (χ3v) is 2.85. The molecule has 5 nitrogen and oxygen atoms in total. The minimum atomic E-state index is 0.298. The molecule has 0 atom stereocenters. The number of rotatable bonds is 3.